The number of carbonyl (C=O) groups is 1. The molecule has 1 aliphatic carbocycles. The van der Waals surface area contributed by atoms with Crippen LogP contribution in [0.4, 0.5) is 0 Å². The first-order chi connectivity index (χ1) is 13.1. The fourth-order valence-corrected chi connectivity index (χ4v) is 5.56. The minimum Gasteiger partial charge on any atom is -0.371 e. The van der Waals surface area contributed by atoms with E-state index in [2.05, 4.69) is 35.2 Å². The number of benzene rings is 1. The predicted molar refractivity (Wildman–Crippen MR) is 107 cm³/mol. The van der Waals surface area contributed by atoms with Crippen molar-refractivity contribution in [3.63, 3.8) is 0 Å². The maximum atomic E-state index is 12.9. The molecular formula is C23H34N2O2. The molecule has 0 aromatic heterocycles. The number of amides is 1. The maximum Gasteiger partial charge on any atom is 0.228 e. The summed E-state index contributed by atoms with van der Waals surface area (Å²) in [6.45, 7) is 5.95. The lowest BCUT2D eigenvalue weighted by atomic mass is 9.77. The van der Waals surface area contributed by atoms with Gasteiger partial charge in [0.2, 0.25) is 5.91 Å². The van der Waals surface area contributed by atoms with Crippen LogP contribution in [0.1, 0.15) is 51.0 Å². The second kappa shape index (κ2) is 7.92. The number of fused-ring (bicyclic) bond motifs is 1. The van der Waals surface area contributed by atoms with E-state index in [0.717, 1.165) is 71.1 Å². The van der Waals surface area contributed by atoms with Gasteiger partial charge in [-0.25, -0.2) is 0 Å². The molecule has 0 radical (unpaired) electrons. The Balaban J connectivity index is 1.28. The number of hydrogen-bond donors (Lipinski definition) is 1. The van der Waals surface area contributed by atoms with E-state index in [1.165, 1.54) is 5.56 Å². The Morgan fingerprint density at radius 1 is 1.07 bits per heavy atom. The smallest absolute Gasteiger partial charge is 0.228 e. The van der Waals surface area contributed by atoms with Gasteiger partial charge in [-0.3, -0.25) is 4.79 Å². The van der Waals surface area contributed by atoms with Crippen LogP contribution >= 0.6 is 0 Å². The predicted octanol–water partition coefficient (Wildman–Crippen LogP) is 3.30. The largest absolute Gasteiger partial charge is 0.371 e. The zero-order valence-corrected chi connectivity index (χ0v) is 16.6. The van der Waals surface area contributed by atoms with Gasteiger partial charge in [-0.15, -0.1) is 0 Å². The molecular weight excluding hydrogens is 336 g/mol. The van der Waals surface area contributed by atoms with Crippen LogP contribution in [0.25, 0.3) is 0 Å². The van der Waals surface area contributed by atoms with Gasteiger partial charge in [0, 0.05) is 24.9 Å². The quantitative estimate of drug-likeness (QED) is 0.865. The summed E-state index contributed by atoms with van der Waals surface area (Å²) < 4.78 is 0. The molecule has 2 heterocycles. The average Bonchev–Trinajstić information content (AvgIpc) is 2.89. The van der Waals surface area contributed by atoms with E-state index in [-0.39, 0.29) is 17.7 Å². The summed E-state index contributed by atoms with van der Waals surface area (Å²) in [4.78, 5) is 17.3. The molecule has 3 fully saturated rings. The summed E-state index contributed by atoms with van der Waals surface area (Å²) >= 11 is 0. The van der Waals surface area contributed by atoms with Crippen molar-refractivity contribution in [1.82, 2.24) is 9.80 Å². The van der Waals surface area contributed by atoms with Gasteiger partial charge in [0.05, 0.1) is 0 Å². The Morgan fingerprint density at radius 2 is 1.78 bits per heavy atom. The third kappa shape index (κ3) is 3.93. The number of piperidine rings is 1. The summed E-state index contributed by atoms with van der Waals surface area (Å²) in [6, 6.07) is 10.7. The lowest BCUT2D eigenvalue weighted by Crippen LogP contribution is -2.50. The monoisotopic (exact) mass is 370 g/mol. The molecule has 1 aromatic carbocycles. The minimum absolute atomic E-state index is 0.0692. The van der Waals surface area contributed by atoms with Crippen LogP contribution in [0, 0.1) is 17.8 Å². The zero-order chi connectivity index (χ0) is 18.9. The molecule has 1 saturated carbocycles. The summed E-state index contributed by atoms with van der Waals surface area (Å²) in [5.41, 5.74) is 0.466. The van der Waals surface area contributed by atoms with E-state index >= 15 is 0 Å². The molecule has 4 rings (SSSR count). The molecule has 0 spiro atoms. The Hall–Kier alpha value is -1.39. The highest BCUT2D eigenvalue weighted by atomic mass is 16.3. The van der Waals surface area contributed by atoms with Crippen LogP contribution in [0.5, 0.6) is 0 Å². The SMILES string of the molecule is C[C@]1(O)[C@H]2CCCCC2C(=O)N1CC1CCN(CCc2ccccc2)CC1. The van der Waals surface area contributed by atoms with Crippen LogP contribution < -0.4 is 0 Å². The van der Waals surface area contributed by atoms with Gasteiger partial charge in [-0.2, -0.15) is 0 Å². The fourth-order valence-electron chi connectivity index (χ4n) is 5.56. The standard InChI is InChI=1S/C23H34N2O2/c1-23(27)21-10-6-5-9-20(21)22(26)25(23)17-19-12-15-24(16-13-19)14-11-18-7-3-2-4-8-18/h2-4,7-8,19-21,27H,5-6,9-17H2,1H3/t20?,21-,23-/m0/s1. The number of rotatable bonds is 5. The van der Waals surface area contributed by atoms with E-state index in [0.29, 0.717) is 5.92 Å². The van der Waals surface area contributed by atoms with Crippen molar-refractivity contribution in [1.29, 1.82) is 0 Å². The molecule has 148 valence electrons. The number of nitrogens with zero attached hydrogens (tertiary/aromatic N) is 2. The van der Waals surface area contributed by atoms with E-state index in [9.17, 15) is 9.90 Å². The molecule has 1 aromatic rings. The van der Waals surface area contributed by atoms with Crippen LogP contribution in [-0.4, -0.2) is 52.7 Å². The molecule has 0 bridgehead atoms. The Kier molecular flexibility index (Phi) is 5.56. The first kappa shape index (κ1) is 18.9. The average molecular weight is 371 g/mol. The highest BCUT2D eigenvalue weighted by molar-refractivity contribution is 5.82. The Bertz CT molecular complexity index is 637. The van der Waals surface area contributed by atoms with E-state index in [4.69, 9.17) is 0 Å². The molecule has 1 unspecified atom stereocenters. The van der Waals surface area contributed by atoms with Crippen LogP contribution in [0.3, 0.4) is 0 Å². The summed E-state index contributed by atoms with van der Waals surface area (Å²) in [6.07, 6.45) is 7.61. The third-order valence-corrected chi connectivity index (χ3v) is 7.31. The molecule has 3 aliphatic rings. The molecule has 2 saturated heterocycles. The number of hydrogen-bond acceptors (Lipinski definition) is 3. The van der Waals surface area contributed by atoms with E-state index in [1.807, 2.05) is 11.8 Å². The van der Waals surface area contributed by atoms with Crippen molar-refractivity contribution in [2.45, 2.75) is 57.6 Å². The number of aliphatic hydroxyl groups is 1. The summed E-state index contributed by atoms with van der Waals surface area (Å²) in [5.74, 6) is 0.953. The lowest BCUT2D eigenvalue weighted by Gasteiger charge is -2.39. The first-order valence-corrected chi connectivity index (χ1v) is 10.9. The second-order valence-corrected chi connectivity index (χ2v) is 9.06. The van der Waals surface area contributed by atoms with Crippen molar-refractivity contribution in [2.75, 3.05) is 26.2 Å². The Labute approximate surface area is 163 Å². The highest BCUT2D eigenvalue weighted by Gasteiger charge is 2.55. The van der Waals surface area contributed by atoms with E-state index in [1.54, 1.807) is 0 Å². The van der Waals surface area contributed by atoms with Crippen molar-refractivity contribution < 1.29 is 9.90 Å². The van der Waals surface area contributed by atoms with Gasteiger partial charge in [-0.05, 0) is 63.6 Å². The lowest BCUT2D eigenvalue weighted by molar-refractivity contribution is -0.149. The van der Waals surface area contributed by atoms with Gasteiger partial charge in [0.1, 0.15) is 5.72 Å². The first-order valence-electron chi connectivity index (χ1n) is 10.9. The summed E-state index contributed by atoms with van der Waals surface area (Å²) in [5, 5.41) is 11.1. The zero-order valence-electron chi connectivity index (χ0n) is 16.6. The molecule has 2 aliphatic heterocycles. The van der Waals surface area contributed by atoms with Crippen molar-refractivity contribution >= 4 is 5.91 Å². The second-order valence-electron chi connectivity index (χ2n) is 9.06. The molecule has 27 heavy (non-hydrogen) atoms. The Morgan fingerprint density at radius 3 is 2.48 bits per heavy atom. The third-order valence-electron chi connectivity index (χ3n) is 7.31. The normalized spacial score (nSPS) is 32.7. The van der Waals surface area contributed by atoms with Crippen molar-refractivity contribution in [2.24, 2.45) is 17.8 Å². The van der Waals surface area contributed by atoms with E-state index < -0.39 is 5.72 Å². The minimum atomic E-state index is -0.938. The van der Waals surface area contributed by atoms with Crippen LogP contribution in [-0.2, 0) is 11.2 Å². The molecule has 3 atom stereocenters. The molecule has 1 N–H and O–H groups in total. The van der Waals surface area contributed by atoms with Gasteiger partial charge in [0.25, 0.3) is 0 Å². The maximum absolute atomic E-state index is 12.9. The molecule has 4 heteroatoms. The topological polar surface area (TPSA) is 43.8 Å². The number of likely N-dealkylation sites (tertiary alicyclic amines) is 2. The van der Waals surface area contributed by atoms with Crippen molar-refractivity contribution in [3.8, 4) is 0 Å². The van der Waals surface area contributed by atoms with Gasteiger partial charge >= 0.3 is 0 Å². The fraction of sp³-hybridized carbons (Fsp3) is 0.696. The van der Waals surface area contributed by atoms with Gasteiger partial charge in [0.15, 0.2) is 0 Å². The van der Waals surface area contributed by atoms with Crippen LogP contribution in [0.15, 0.2) is 30.3 Å². The molecule has 1 amide bonds. The van der Waals surface area contributed by atoms with Gasteiger partial charge in [-0.1, -0.05) is 43.2 Å². The summed E-state index contributed by atoms with van der Waals surface area (Å²) in [7, 11) is 0. The highest BCUT2D eigenvalue weighted by Crippen LogP contribution is 2.46. The number of carbonyl (C=O) groups excluding carboxylic acids is 1. The molecule has 4 nitrogen and oxygen atoms in total. The van der Waals surface area contributed by atoms with Gasteiger partial charge < -0.3 is 14.9 Å². The van der Waals surface area contributed by atoms with Crippen molar-refractivity contribution in [3.05, 3.63) is 35.9 Å². The van der Waals surface area contributed by atoms with Crippen LogP contribution in [0.2, 0.25) is 0 Å².